The van der Waals surface area contributed by atoms with Crippen LogP contribution in [0.25, 0.3) is 0 Å². The number of hydrogen-bond acceptors (Lipinski definition) is 4. The van der Waals surface area contributed by atoms with Crippen LogP contribution in [0.5, 0.6) is 11.5 Å². The SMILES string of the molecule is CNCC[C@@H](O)c1ccc(OC)c(OC)c1. The minimum atomic E-state index is -0.479. The summed E-state index contributed by atoms with van der Waals surface area (Å²) in [6.07, 6.45) is 0.193. The minimum absolute atomic E-state index is 0.479. The monoisotopic (exact) mass is 225 g/mol. The summed E-state index contributed by atoms with van der Waals surface area (Å²) in [6, 6.07) is 5.46. The Bertz CT molecular complexity index is 328. The van der Waals surface area contributed by atoms with Crippen molar-refractivity contribution in [1.82, 2.24) is 5.32 Å². The largest absolute Gasteiger partial charge is 0.493 e. The van der Waals surface area contributed by atoms with Crippen LogP contribution in [0.2, 0.25) is 0 Å². The van der Waals surface area contributed by atoms with Crippen molar-refractivity contribution >= 4 is 0 Å². The molecule has 0 aliphatic carbocycles. The Morgan fingerprint density at radius 2 is 1.94 bits per heavy atom. The van der Waals surface area contributed by atoms with Gasteiger partial charge in [-0.25, -0.2) is 0 Å². The molecule has 4 nitrogen and oxygen atoms in total. The van der Waals surface area contributed by atoms with Crippen LogP contribution >= 0.6 is 0 Å². The van der Waals surface area contributed by atoms with Gasteiger partial charge in [0.2, 0.25) is 0 Å². The fourth-order valence-corrected chi connectivity index (χ4v) is 1.51. The van der Waals surface area contributed by atoms with Gasteiger partial charge in [0.05, 0.1) is 20.3 Å². The van der Waals surface area contributed by atoms with Gasteiger partial charge in [0.1, 0.15) is 0 Å². The molecule has 0 fully saturated rings. The van der Waals surface area contributed by atoms with E-state index in [1.807, 2.05) is 13.1 Å². The summed E-state index contributed by atoms with van der Waals surface area (Å²) in [7, 11) is 5.04. The molecule has 2 N–H and O–H groups in total. The van der Waals surface area contributed by atoms with Gasteiger partial charge in [0.25, 0.3) is 0 Å². The fraction of sp³-hybridized carbons (Fsp3) is 0.500. The number of rotatable bonds is 6. The molecule has 1 rings (SSSR count). The first-order chi connectivity index (χ1) is 7.72. The summed E-state index contributed by atoms with van der Waals surface area (Å²) >= 11 is 0. The Morgan fingerprint density at radius 1 is 1.25 bits per heavy atom. The van der Waals surface area contributed by atoms with Crippen molar-refractivity contribution in [3.8, 4) is 11.5 Å². The Hall–Kier alpha value is -1.26. The third kappa shape index (κ3) is 3.12. The lowest BCUT2D eigenvalue weighted by molar-refractivity contribution is 0.167. The van der Waals surface area contributed by atoms with E-state index in [-0.39, 0.29) is 0 Å². The van der Waals surface area contributed by atoms with Crippen molar-refractivity contribution in [3.63, 3.8) is 0 Å². The quantitative estimate of drug-likeness (QED) is 0.767. The maximum atomic E-state index is 9.90. The lowest BCUT2D eigenvalue weighted by atomic mass is 10.1. The fourth-order valence-electron chi connectivity index (χ4n) is 1.51. The van der Waals surface area contributed by atoms with E-state index >= 15 is 0 Å². The number of nitrogens with one attached hydrogen (secondary N) is 1. The number of methoxy groups -OCH3 is 2. The van der Waals surface area contributed by atoms with E-state index in [0.717, 1.165) is 12.1 Å². The van der Waals surface area contributed by atoms with Crippen LogP contribution in [0, 0.1) is 0 Å². The van der Waals surface area contributed by atoms with E-state index in [0.29, 0.717) is 17.9 Å². The highest BCUT2D eigenvalue weighted by Gasteiger charge is 2.10. The van der Waals surface area contributed by atoms with Crippen LogP contribution in [0.4, 0.5) is 0 Å². The number of hydrogen-bond donors (Lipinski definition) is 2. The first-order valence-electron chi connectivity index (χ1n) is 5.27. The van der Waals surface area contributed by atoms with E-state index in [4.69, 9.17) is 9.47 Å². The third-order valence-corrected chi connectivity index (χ3v) is 2.46. The molecule has 0 aliphatic heterocycles. The Morgan fingerprint density at radius 3 is 2.50 bits per heavy atom. The molecule has 0 amide bonds. The van der Waals surface area contributed by atoms with Crippen molar-refractivity contribution in [2.45, 2.75) is 12.5 Å². The van der Waals surface area contributed by atoms with Crippen LogP contribution < -0.4 is 14.8 Å². The summed E-state index contributed by atoms with van der Waals surface area (Å²) in [5.41, 5.74) is 0.841. The second-order valence-electron chi connectivity index (χ2n) is 3.52. The zero-order valence-corrected chi connectivity index (χ0v) is 9.99. The summed E-state index contributed by atoms with van der Waals surface area (Å²) < 4.78 is 10.3. The highest BCUT2D eigenvalue weighted by Crippen LogP contribution is 2.30. The van der Waals surface area contributed by atoms with Crippen LogP contribution in [0.1, 0.15) is 18.1 Å². The van der Waals surface area contributed by atoms with Gasteiger partial charge in [0, 0.05) is 0 Å². The predicted molar refractivity (Wildman–Crippen MR) is 63.0 cm³/mol. The molecular weight excluding hydrogens is 206 g/mol. The van der Waals surface area contributed by atoms with E-state index in [9.17, 15) is 5.11 Å². The molecule has 4 heteroatoms. The van der Waals surface area contributed by atoms with E-state index in [1.165, 1.54) is 0 Å². The van der Waals surface area contributed by atoms with Gasteiger partial charge in [-0.05, 0) is 37.7 Å². The summed E-state index contributed by atoms with van der Waals surface area (Å²) in [5.74, 6) is 1.32. The molecule has 0 bridgehead atoms. The maximum Gasteiger partial charge on any atom is 0.161 e. The lowest BCUT2D eigenvalue weighted by Crippen LogP contribution is -2.12. The Labute approximate surface area is 96.2 Å². The van der Waals surface area contributed by atoms with E-state index in [2.05, 4.69) is 5.32 Å². The maximum absolute atomic E-state index is 9.90. The topological polar surface area (TPSA) is 50.7 Å². The van der Waals surface area contributed by atoms with Gasteiger partial charge in [-0.2, -0.15) is 0 Å². The number of benzene rings is 1. The highest BCUT2D eigenvalue weighted by molar-refractivity contribution is 5.43. The standard InChI is InChI=1S/C12H19NO3/c1-13-7-6-10(14)9-4-5-11(15-2)12(8-9)16-3/h4-5,8,10,13-14H,6-7H2,1-3H3/t10-/m1/s1. The smallest absolute Gasteiger partial charge is 0.161 e. The second-order valence-corrected chi connectivity index (χ2v) is 3.52. The zero-order valence-electron chi connectivity index (χ0n) is 9.99. The minimum Gasteiger partial charge on any atom is -0.493 e. The molecule has 1 aromatic rings. The molecule has 0 heterocycles. The molecular formula is C12H19NO3. The Kier molecular flexibility index (Phi) is 5.08. The molecule has 16 heavy (non-hydrogen) atoms. The molecule has 0 radical (unpaired) electrons. The van der Waals surface area contributed by atoms with E-state index < -0.39 is 6.10 Å². The van der Waals surface area contributed by atoms with Crippen LogP contribution in [-0.2, 0) is 0 Å². The van der Waals surface area contributed by atoms with Gasteiger partial charge in [-0.1, -0.05) is 6.07 Å². The van der Waals surface area contributed by atoms with Crippen molar-refractivity contribution < 1.29 is 14.6 Å². The molecule has 1 atom stereocenters. The first-order valence-corrected chi connectivity index (χ1v) is 5.27. The number of ether oxygens (including phenoxy) is 2. The van der Waals surface area contributed by atoms with Gasteiger partial charge in [0.15, 0.2) is 11.5 Å². The molecule has 90 valence electrons. The number of aliphatic hydroxyl groups excluding tert-OH is 1. The van der Waals surface area contributed by atoms with Crippen molar-refractivity contribution in [2.24, 2.45) is 0 Å². The van der Waals surface area contributed by atoms with Crippen LogP contribution in [0.3, 0.4) is 0 Å². The van der Waals surface area contributed by atoms with Crippen LogP contribution in [-0.4, -0.2) is 32.9 Å². The van der Waals surface area contributed by atoms with Crippen molar-refractivity contribution in [1.29, 1.82) is 0 Å². The van der Waals surface area contributed by atoms with Gasteiger partial charge in [-0.3, -0.25) is 0 Å². The zero-order chi connectivity index (χ0) is 12.0. The van der Waals surface area contributed by atoms with E-state index in [1.54, 1.807) is 26.4 Å². The second kappa shape index (κ2) is 6.35. The molecule has 0 aliphatic rings. The summed E-state index contributed by atoms with van der Waals surface area (Å²) in [5, 5.41) is 12.9. The number of aliphatic hydroxyl groups is 1. The first kappa shape index (κ1) is 12.8. The normalized spacial score (nSPS) is 12.2. The average molecular weight is 225 g/mol. The molecule has 0 aromatic heterocycles. The van der Waals surface area contributed by atoms with Gasteiger partial charge in [-0.15, -0.1) is 0 Å². The molecule has 0 saturated heterocycles. The van der Waals surface area contributed by atoms with Gasteiger partial charge >= 0.3 is 0 Å². The lowest BCUT2D eigenvalue weighted by Gasteiger charge is -2.13. The van der Waals surface area contributed by atoms with Gasteiger partial charge < -0.3 is 19.9 Å². The predicted octanol–water partition coefficient (Wildman–Crippen LogP) is 1.35. The summed E-state index contributed by atoms with van der Waals surface area (Å²) in [6.45, 7) is 0.773. The molecule has 0 unspecified atom stereocenters. The molecule has 1 aromatic carbocycles. The van der Waals surface area contributed by atoms with Crippen molar-refractivity contribution in [2.75, 3.05) is 27.8 Å². The van der Waals surface area contributed by atoms with Crippen molar-refractivity contribution in [3.05, 3.63) is 23.8 Å². The summed E-state index contributed by atoms with van der Waals surface area (Å²) in [4.78, 5) is 0. The molecule has 0 saturated carbocycles. The highest BCUT2D eigenvalue weighted by atomic mass is 16.5. The average Bonchev–Trinajstić information content (AvgIpc) is 2.34. The van der Waals surface area contributed by atoms with Crippen LogP contribution in [0.15, 0.2) is 18.2 Å². The third-order valence-electron chi connectivity index (χ3n) is 2.46. The molecule has 0 spiro atoms. The Balaban J connectivity index is 2.81.